The number of H-pyrrole nitrogens is 1. The Labute approximate surface area is 73.2 Å². The van der Waals surface area contributed by atoms with E-state index in [-0.39, 0.29) is 0 Å². The number of hydrogen-bond acceptors (Lipinski definition) is 0. The fraction of sp³-hybridized carbons (Fsp3) is 0. The number of nitrogens with one attached hydrogen (secondary N) is 1. The molecule has 0 radical (unpaired) electrons. The molecule has 0 fully saturated rings. The van der Waals surface area contributed by atoms with E-state index >= 15 is 0 Å². The Kier molecular flexibility index (Phi) is 1.62. The molecular formula is C9H7BrN+. The van der Waals surface area contributed by atoms with Crippen molar-refractivity contribution in [3.05, 3.63) is 41.0 Å². The van der Waals surface area contributed by atoms with Gasteiger partial charge >= 0.3 is 0 Å². The number of rotatable bonds is 0. The molecule has 11 heavy (non-hydrogen) atoms. The van der Waals surface area contributed by atoms with Gasteiger partial charge in [0.15, 0.2) is 0 Å². The van der Waals surface area contributed by atoms with Gasteiger partial charge in [-0.1, -0.05) is 12.1 Å². The smallest absolute Gasteiger partial charge is 0.199 e. The predicted molar refractivity (Wildman–Crippen MR) is 48.2 cm³/mol. The minimum atomic E-state index is 1.01. The van der Waals surface area contributed by atoms with Gasteiger partial charge in [0.1, 0.15) is 0 Å². The number of aromatic amines is 1. The van der Waals surface area contributed by atoms with Crippen molar-refractivity contribution in [2.45, 2.75) is 0 Å². The van der Waals surface area contributed by atoms with Crippen molar-refractivity contribution in [3.8, 4) is 0 Å². The molecule has 0 saturated heterocycles. The molecule has 1 heterocycles. The molecule has 0 aliphatic heterocycles. The van der Waals surface area contributed by atoms with Gasteiger partial charge in [0.05, 0.1) is 0 Å². The highest BCUT2D eigenvalue weighted by atomic mass is 79.9. The molecule has 0 aliphatic rings. The highest BCUT2D eigenvalue weighted by Gasteiger charge is 1.99. The second-order valence-electron chi connectivity index (χ2n) is 2.39. The lowest BCUT2D eigenvalue weighted by Gasteiger charge is -1.88. The topological polar surface area (TPSA) is 14.1 Å². The van der Waals surface area contributed by atoms with E-state index in [9.17, 15) is 0 Å². The van der Waals surface area contributed by atoms with Crippen molar-refractivity contribution in [2.24, 2.45) is 0 Å². The number of halogens is 1. The van der Waals surface area contributed by atoms with Crippen LogP contribution in [0, 0.1) is 0 Å². The number of aromatic nitrogens is 1. The summed E-state index contributed by atoms with van der Waals surface area (Å²) in [6.45, 7) is 0. The molecule has 1 nitrogen and oxygen atoms in total. The first-order chi connectivity index (χ1) is 5.36. The van der Waals surface area contributed by atoms with E-state index < -0.39 is 0 Å². The normalized spacial score (nSPS) is 10.3. The highest BCUT2D eigenvalue weighted by molar-refractivity contribution is 9.10. The van der Waals surface area contributed by atoms with Crippen LogP contribution in [-0.2, 0) is 0 Å². The van der Waals surface area contributed by atoms with Gasteiger partial charge in [-0.25, -0.2) is 0 Å². The standard InChI is InChI=1S/C9H6BrN/c10-9-6-5-7-3-1-2-4-8(7)11-9/h1-6H/p+1. The van der Waals surface area contributed by atoms with E-state index in [0.29, 0.717) is 0 Å². The Morgan fingerprint density at radius 1 is 1.00 bits per heavy atom. The molecule has 2 heteroatoms. The summed E-state index contributed by atoms with van der Waals surface area (Å²) < 4.78 is 1.01. The van der Waals surface area contributed by atoms with Gasteiger partial charge in [-0.3, -0.25) is 0 Å². The lowest BCUT2D eigenvalue weighted by atomic mass is 10.2. The van der Waals surface area contributed by atoms with Crippen LogP contribution in [0.5, 0.6) is 0 Å². The zero-order valence-corrected chi connectivity index (χ0v) is 7.43. The average molecular weight is 209 g/mol. The summed E-state index contributed by atoms with van der Waals surface area (Å²) in [5.74, 6) is 0. The number of hydrogen-bond donors (Lipinski definition) is 0. The Balaban J connectivity index is 2.83. The maximum Gasteiger partial charge on any atom is 0.246 e. The van der Waals surface area contributed by atoms with Crippen LogP contribution < -0.4 is 4.98 Å². The summed E-state index contributed by atoms with van der Waals surface area (Å²) in [5.41, 5.74) is 1.15. The van der Waals surface area contributed by atoms with E-state index in [2.05, 4.69) is 39.1 Å². The van der Waals surface area contributed by atoms with Crippen LogP contribution in [0.25, 0.3) is 10.9 Å². The van der Waals surface area contributed by atoms with Gasteiger partial charge in [0, 0.05) is 33.4 Å². The van der Waals surface area contributed by atoms with Crippen molar-refractivity contribution in [3.63, 3.8) is 0 Å². The maximum absolute atomic E-state index is 3.38. The van der Waals surface area contributed by atoms with Crippen LogP contribution in [0.15, 0.2) is 41.0 Å². The zero-order valence-electron chi connectivity index (χ0n) is 5.84. The fourth-order valence-electron chi connectivity index (χ4n) is 1.09. The lowest BCUT2D eigenvalue weighted by Crippen LogP contribution is -2.03. The zero-order chi connectivity index (χ0) is 7.68. The highest BCUT2D eigenvalue weighted by Crippen LogP contribution is 2.10. The molecule has 0 unspecified atom stereocenters. The minimum absolute atomic E-state index is 1.01. The van der Waals surface area contributed by atoms with E-state index in [1.54, 1.807) is 0 Å². The molecule has 0 atom stereocenters. The Morgan fingerprint density at radius 2 is 1.82 bits per heavy atom. The number of pyridine rings is 1. The summed E-state index contributed by atoms with van der Waals surface area (Å²) in [7, 11) is 0. The predicted octanol–water partition coefficient (Wildman–Crippen LogP) is 2.42. The van der Waals surface area contributed by atoms with Gasteiger partial charge in [-0.2, -0.15) is 4.98 Å². The molecule has 54 valence electrons. The first-order valence-corrected chi connectivity index (χ1v) is 4.22. The van der Waals surface area contributed by atoms with Crippen LogP contribution >= 0.6 is 15.9 Å². The van der Waals surface area contributed by atoms with E-state index in [1.165, 1.54) is 5.39 Å². The molecule has 2 rings (SSSR count). The van der Waals surface area contributed by atoms with Gasteiger partial charge in [0.2, 0.25) is 10.1 Å². The van der Waals surface area contributed by atoms with Crippen molar-refractivity contribution in [1.82, 2.24) is 0 Å². The van der Waals surface area contributed by atoms with Gasteiger partial charge in [0.25, 0.3) is 0 Å². The van der Waals surface area contributed by atoms with Crippen LogP contribution in [0.1, 0.15) is 0 Å². The molecule has 1 aromatic heterocycles. The van der Waals surface area contributed by atoms with E-state index in [4.69, 9.17) is 0 Å². The minimum Gasteiger partial charge on any atom is -0.199 e. The van der Waals surface area contributed by atoms with Crippen molar-refractivity contribution in [1.29, 1.82) is 0 Å². The first kappa shape index (κ1) is 6.80. The summed E-state index contributed by atoms with van der Waals surface area (Å²) >= 11 is 3.38. The first-order valence-electron chi connectivity index (χ1n) is 3.43. The summed E-state index contributed by atoms with van der Waals surface area (Å²) in [5, 5.41) is 1.23. The van der Waals surface area contributed by atoms with Gasteiger partial charge < -0.3 is 0 Å². The average Bonchev–Trinajstić information content (AvgIpc) is 2.04. The molecule has 0 aliphatic carbocycles. The monoisotopic (exact) mass is 208 g/mol. The Morgan fingerprint density at radius 3 is 2.73 bits per heavy atom. The molecule has 0 spiro atoms. The summed E-state index contributed by atoms with van der Waals surface area (Å²) in [4.78, 5) is 3.21. The molecule has 1 aromatic carbocycles. The molecule has 0 amide bonds. The lowest BCUT2D eigenvalue weighted by molar-refractivity contribution is -0.359. The van der Waals surface area contributed by atoms with E-state index in [1.807, 2.05) is 18.2 Å². The van der Waals surface area contributed by atoms with E-state index in [0.717, 1.165) is 10.1 Å². The van der Waals surface area contributed by atoms with Crippen LogP contribution in [-0.4, -0.2) is 0 Å². The van der Waals surface area contributed by atoms with Crippen LogP contribution in [0.2, 0.25) is 0 Å². The fourth-order valence-corrected chi connectivity index (χ4v) is 1.44. The largest absolute Gasteiger partial charge is 0.246 e. The maximum atomic E-state index is 3.38. The van der Waals surface area contributed by atoms with Crippen LogP contribution in [0.4, 0.5) is 0 Å². The van der Waals surface area contributed by atoms with Crippen LogP contribution in [0.3, 0.4) is 0 Å². The third-order valence-electron chi connectivity index (χ3n) is 1.62. The SMILES string of the molecule is Brc1ccc2ccccc2[nH+]1. The molecule has 2 aromatic rings. The second kappa shape index (κ2) is 2.62. The molecular weight excluding hydrogens is 202 g/mol. The Bertz CT molecular complexity index is 384. The number of para-hydroxylation sites is 1. The summed E-state index contributed by atoms with van der Waals surface area (Å²) in [6.07, 6.45) is 0. The summed E-state index contributed by atoms with van der Waals surface area (Å²) in [6, 6.07) is 12.3. The number of benzene rings is 1. The quantitative estimate of drug-likeness (QED) is 0.591. The van der Waals surface area contributed by atoms with Gasteiger partial charge in [-0.15, -0.1) is 0 Å². The third kappa shape index (κ3) is 1.26. The van der Waals surface area contributed by atoms with Gasteiger partial charge in [-0.05, 0) is 12.1 Å². The number of fused-ring (bicyclic) bond motifs is 1. The molecule has 0 saturated carbocycles. The van der Waals surface area contributed by atoms with Crippen molar-refractivity contribution >= 4 is 26.8 Å². The van der Waals surface area contributed by atoms with Crippen molar-refractivity contribution in [2.75, 3.05) is 0 Å². The Hall–Kier alpha value is -0.890. The molecule has 1 N–H and O–H groups in total. The molecule has 0 bridgehead atoms. The second-order valence-corrected chi connectivity index (χ2v) is 3.25. The van der Waals surface area contributed by atoms with Crippen molar-refractivity contribution < 1.29 is 4.98 Å². The third-order valence-corrected chi connectivity index (χ3v) is 2.09.